The number of esters is 1. The second-order valence-electron chi connectivity index (χ2n) is 3.91. The summed E-state index contributed by atoms with van der Waals surface area (Å²) in [4.78, 5) is 11.2. The lowest BCUT2D eigenvalue weighted by molar-refractivity contribution is -0.150. The summed E-state index contributed by atoms with van der Waals surface area (Å²) in [6.07, 6.45) is -7.35. The van der Waals surface area contributed by atoms with Gasteiger partial charge in [0.1, 0.15) is 5.82 Å². The van der Waals surface area contributed by atoms with Gasteiger partial charge in [-0.1, -0.05) is 0 Å². The van der Waals surface area contributed by atoms with E-state index >= 15 is 0 Å². The molecular formula is C12H12F5NO2. The molecule has 0 fully saturated rings. The third-order valence-corrected chi connectivity index (χ3v) is 2.51. The second-order valence-corrected chi connectivity index (χ2v) is 3.91. The maximum absolute atomic E-state index is 13.7. The second kappa shape index (κ2) is 6.17. The third-order valence-electron chi connectivity index (χ3n) is 2.51. The quantitative estimate of drug-likeness (QED) is 0.687. The van der Waals surface area contributed by atoms with Crippen molar-refractivity contribution in [2.75, 3.05) is 6.61 Å². The number of ether oxygens (including phenoxy) is 1. The molecule has 1 rings (SSSR count). The predicted octanol–water partition coefficient (Wildman–Crippen LogP) is 2.75. The smallest absolute Gasteiger partial charge is 0.416 e. The number of hydrogen-bond donors (Lipinski definition) is 1. The van der Waals surface area contributed by atoms with E-state index in [-0.39, 0.29) is 6.61 Å². The van der Waals surface area contributed by atoms with E-state index in [1.807, 2.05) is 0 Å². The molecule has 0 aromatic heterocycles. The Kier molecular flexibility index (Phi) is 5.04. The van der Waals surface area contributed by atoms with E-state index in [0.29, 0.717) is 18.2 Å². The third kappa shape index (κ3) is 3.66. The monoisotopic (exact) mass is 297 g/mol. The van der Waals surface area contributed by atoms with Gasteiger partial charge in [0.15, 0.2) is 0 Å². The Balaban J connectivity index is 3.17. The summed E-state index contributed by atoms with van der Waals surface area (Å²) >= 11 is 0. The number of nitrogens with two attached hydrogens (primary N) is 1. The lowest BCUT2D eigenvalue weighted by Crippen LogP contribution is -2.33. The summed E-state index contributed by atoms with van der Waals surface area (Å²) in [5.74, 6) is -2.41. The first-order valence-electron chi connectivity index (χ1n) is 5.61. The Morgan fingerprint density at radius 3 is 2.50 bits per heavy atom. The lowest BCUT2D eigenvalue weighted by atomic mass is 9.97. The molecule has 2 atom stereocenters. The highest BCUT2D eigenvalue weighted by atomic mass is 19.4. The van der Waals surface area contributed by atoms with Gasteiger partial charge in [-0.15, -0.1) is 0 Å². The van der Waals surface area contributed by atoms with Crippen molar-refractivity contribution in [1.29, 1.82) is 0 Å². The molecule has 3 nitrogen and oxygen atoms in total. The number of halogens is 5. The van der Waals surface area contributed by atoms with Crippen molar-refractivity contribution in [3.8, 4) is 0 Å². The Hall–Kier alpha value is -1.70. The number of carbonyl (C=O) groups excluding carboxylic acids is 1. The van der Waals surface area contributed by atoms with Gasteiger partial charge < -0.3 is 10.5 Å². The highest BCUT2D eigenvalue weighted by molar-refractivity contribution is 5.75. The molecule has 0 aliphatic heterocycles. The van der Waals surface area contributed by atoms with E-state index < -0.39 is 41.3 Å². The molecule has 0 spiro atoms. The average Bonchev–Trinajstić information content (AvgIpc) is 2.35. The summed E-state index contributed by atoms with van der Waals surface area (Å²) < 4.78 is 69.3. The average molecular weight is 297 g/mol. The maximum Gasteiger partial charge on any atom is 0.416 e. The topological polar surface area (TPSA) is 52.3 Å². The van der Waals surface area contributed by atoms with Crippen LogP contribution in [0.3, 0.4) is 0 Å². The number of alkyl halides is 4. The van der Waals surface area contributed by atoms with Crippen LogP contribution in [0.15, 0.2) is 18.2 Å². The molecular weight excluding hydrogens is 285 g/mol. The molecule has 112 valence electrons. The molecule has 2 N–H and O–H groups in total. The Labute approximate surface area is 111 Å². The van der Waals surface area contributed by atoms with E-state index in [4.69, 9.17) is 5.73 Å². The van der Waals surface area contributed by atoms with E-state index in [1.165, 1.54) is 6.92 Å². The van der Waals surface area contributed by atoms with Gasteiger partial charge in [-0.3, -0.25) is 0 Å². The largest absolute Gasteiger partial charge is 0.464 e. The molecule has 0 heterocycles. The predicted molar refractivity (Wildman–Crippen MR) is 59.9 cm³/mol. The van der Waals surface area contributed by atoms with Gasteiger partial charge >= 0.3 is 12.1 Å². The van der Waals surface area contributed by atoms with Gasteiger partial charge in [0.2, 0.25) is 6.17 Å². The van der Waals surface area contributed by atoms with Gasteiger partial charge in [0.25, 0.3) is 0 Å². The van der Waals surface area contributed by atoms with E-state index in [1.54, 1.807) is 0 Å². The van der Waals surface area contributed by atoms with Crippen LogP contribution in [0.2, 0.25) is 0 Å². The summed E-state index contributed by atoms with van der Waals surface area (Å²) in [7, 11) is 0. The number of carbonyl (C=O) groups is 1. The maximum atomic E-state index is 13.7. The lowest BCUT2D eigenvalue weighted by Gasteiger charge is -2.20. The Morgan fingerprint density at radius 1 is 1.40 bits per heavy atom. The van der Waals surface area contributed by atoms with Crippen LogP contribution >= 0.6 is 0 Å². The van der Waals surface area contributed by atoms with E-state index in [9.17, 15) is 26.7 Å². The zero-order valence-corrected chi connectivity index (χ0v) is 10.4. The van der Waals surface area contributed by atoms with Gasteiger partial charge in [-0.25, -0.2) is 13.6 Å². The highest BCUT2D eigenvalue weighted by Crippen LogP contribution is 2.35. The molecule has 0 radical (unpaired) electrons. The van der Waals surface area contributed by atoms with Gasteiger partial charge in [-0.05, 0) is 30.7 Å². The SMILES string of the molecule is CCOC(=O)C(F)[C@H](N)c1cc(F)ccc1C(F)(F)F. The summed E-state index contributed by atoms with van der Waals surface area (Å²) in [6.45, 7) is 1.25. The fraction of sp³-hybridized carbons (Fsp3) is 0.417. The summed E-state index contributed by atoms with van der Waals surface area (Å²) in [5, 5.41) is 0. The molecule has 0 aliphatic carbocycles. The van der Waals surface area contributed by atoms with E-state index in [2.05, 4.69) is 4.74 Å². The van der Waals surface area contributed by atoms with Crippen molar-refractivity contribution >= 4 is 5.97 Å². The van der Waals surface area contributed by atoms with Crippen LogP contribution < -0.4 is 5.73 Å². The molecule has 20 heavy (non-hydrogen) atoms. The number of benzene rings is 1. The van der Waals surface area contributed by atoms with Crippen LogP contribution in [0.1, 0.15) is 24.1 Å². The van der Waals surface area contributed by atoms with Crippen LogP contribution in [0, 0.1) is 5.82 Å². The molecule has 0 bridgehead atoms. The molecule has 1 aromatic carbocycles. The minimum absolute atomic E-state index is 0.152. The molecule has 0 aliphatic rings. The van der Waals surface area contributed by atoms with Crippen LogP contribution in [-0.4, -0.2) is 18.7 Å². The standard InChI is InChI=1S/C12H12F5NO2/c1-2-20-11(19)9(14)10(18)7-5-6(13)3-4-8(7)12(15,16)17/h3-5,9-10H,2,18H2,1H3/t9?,10-/m1/s1. The van der Waals surface area contributed by atoms with Crippen molar-refractivity contribution in [1.82, 2.24) is 0 Å². The molecule has 0 saturated carbocycles. The Morgan fingerprint density at radius 2 is 2.00 bits per heavy atom. The van der Waals surface area contributed by atoms with Gasteiger partial charge in [0.05, 0.1) is 18.2 Å². The fourth-order valence-corrected chi connectivity index (χ4v) is 1.59. The zero-order valence-electron chi connectivity index (χ0n) is 10.4. The van der Waals surface area contributed by atoms with Gasteiger partial charge in [0, 0.05) is 0 Å². The fourth-order valence-electron chi connectivity index (χ4n) is 1.59. The van der Waals surface area contributed by atoms with Crippen molar-refractivity contribution < 1.29 is 31.5 Å². The van der Waals surface area contributed by atoms with Crippen LogP contribution in [0.5, 0.6) is 0 Å². The van der Waals surface area contributed by atoms with Crippen molar-refractivity contribution in [2.24, 2.45) is 5.73 Å². The normalized spacial score (nSPS) is 14.8. The first-order chi connectivity index (χ1) is 9.18. The van der Waals surface area contributed by atoms with Crippen molar-refractivity contribution in [2.45, 2.75) is 25.3 Å². The zero-order chi connectivity index (χ0) is 15.5. The summed E-state index contributed by atoms with van der Waals surface area (Å²) in [5.41, 5.74) is 3.17. The molecule has 0 amide bonds. The van der Waals surface area contributed by atoms with Crippen LogP contribution in [0.25, 0.3) is 0 Å². The molecule has 1 aromatic rings. The minimum atomic E-state index is -4.84. The Bertz CT molecular complexity index is 489. The first kappa shape index (κ1) is 16.4. The summed E-state index contributed by atoms with van der Waals surface area (Å²) in [6, 6.07) is -0.486. The molecule has 0 saturated heterocycles. The minimum Gasteiger partial charge on any atom is -0.464 e. The van der Waals surface area contributed by atoms with Crippen molar-refractivity contribution in [3.05, 3.63) is 35.1 Å². The first-order valence-corrected chi connectivity index (χ1v) is 5.61. The molecule has 8 heteroatoms. The van der Waals surface area contributed by atoms with Crippen molar-refractivity contribution in [3.63, 3.8) is 0 Å². The molecule has 1 unspecified atom stereocenters. The van der Waals surface area contributed by atoms with Crippen LogP contribution in [-0.2, 0) is 15.7 Å². The van der Waals surface area contributed by atoms with E-state index in [0.717, 1.165) is 0 Å². The number of rotatable bonds is 4. The number of hydrogen-bond acceptors (Lipinski definition) is 3. The van der Waals surface area contributed by atoms with Crippen LogP contribution in [0.4, 0.5) is 22.0 Å². The highest BCUT2D eigenvalue weighted by Gasteiger charge is 2.38. The van der Waals surface area contributed by atoms with Gasteiger partial charge in [-0.2, -0.15) is 13.2 Å².